The Balaban J connectivity index is 1.22. The molecule has 8 nitrogen and oxygen atoms in total. The minimum Gasteiger partial charge on any atom is -0.486 e. The number of carbonyl (C=O) groups is 1. The summed E-state index contributed by atoms with van der Waals surface area (Å²) in [6.07, 6.45) is 1.38. The summed E-state index contributed by atoms with van der Waals surface area (Å²) in [7, 11) is 0. The van der Waals surface area contributed by atoms with Crippen molar-refractivity contribution in [3.05, 3.63) is 77.7 Å². The van der Waals surface area contributed by atoms with E-state index in [1.807, 2.05) is 53.1 Å². The monoisotopic (exact) mass is 496 g/mol. The zero-order valence-electron chi connectivity index (χ0n) is 18.0. The lowest BCUT2D eigenvalue weighted by Crippen LogP contribution is -2.41. The molecule has 0 spiro atoms. The van der Waals surface area contributed by atoms with Crippen LogP contribution in [0.4, 0.5) is 0 Å². The molecule has 10 heteroatoms. The van der Waals surface area contributed by atoms with Crippen molar-refractivity contribution in [3.63, 3.8) is 0 Å². The van der Waals surface area contributed by atoms with Crippen LogP contribution in [0.1, 0.15) is 5.76 Å². The molecule has 2 aromatic carbocycles. The Morgan fingerprint density at radius 1 is 1.09 bits per heavy atom. The highest BCUT2D eigenvalue weighted by atomic mass is 35.5. The van der Waals surface area contributed by atoms with Crippen molar-refractivity contribution in [1.82, 2.24) is 20.1 Å². The average molecular weight is 497 g/mol. The lowest BCUT2D eigenvalue weighted by Gasteiger charge is -2.26. The first-order chi connectivity index (χ1) is 16.7. The summed E-state index contributed by atoms with van der Waals surface area (Å²) in [4.78, 5) is 12.5. The number of benzene rings is 2. The molecular formula is C24H21ClN4O4S. The quantitative estimate of drug-likeness (QED) is 0.364. The number of hydrogen-bond acceptors (Lipinski definition) is 7. The molecule has 1 aliphatic rings. The van der Waals surface area contributed by atoms with Gasteiger partial charge in [-0.3, -0.25) is 9.36 Å². The number of amides is 1. The van der Waals surface area contributed by atoms with Gasteiger partial charge in [0.15, 0.2) is 22.5 Å². The van der Waals surface area contributed by atoms with Crippen molar-refractivity contribution in [2.45, 2.75) is 17.8 Å². The molecule has 1 aliphatic heterocycles. The van der Waals surface area contributed by atoms with E-state index in [-0.39, 0.29) is 17.8 Å². The molecule has 5 rings (SSSR count). The minimum absolute atomic E-state index is 0.131. The SMILES string of the molecule is O=C(CSc1nnc(-c2ccc(Cl)cc2)n1Cc1ccco1)NC[C@H]1COc2ccccc2O1. The molecule has 1 amide bonds. The number of nitrogens with zero attached hydrogens (tertiary/aromatic N) is 3. The lowest BCUT2D eigenvalue weighted by molar-refractivity contribution is -0.119. The number of halogens is 1. The second-order valence-corrected chi connectivity index (χ2v) is 8.95. The van der Waals surface area contributed by atoms with E-state index < -0.39 is 0 Å². The van der Waals surface area contributed by atoms with E-state index in [2.05, 4.69) is 15.5 Å². The Hall–Kier alpha value is -3.43. The van der Waals surface area contributed by atoms with Crippen molar-refractivity contribution in [2.24, 2.45) is 0 Å². The Bertz CT molecular complexity index is 1260. The zero-order valence-corrected chi connectivity index (χ0v) is 19.6. The fraction of sp³-hybridized carbons (Fsp3) is 0.208. The summed E-state index contributed by atoms with van der Waals surface area (Å²) in [5.74, 6) is 2.88. The number of nitrogens with one attached hydrogen (secondary N) is 1. The van der Waals surface area contributed by atoms with Gasteiger partial charge >= 0.3 is 0 Å². The summed E-state index contributed by atoms with van der Waals surface area (Å²) in [6, 6.07) is 18.6. The molecular weight excluding hydrogens is 476 g/mol. The average Bonchev–Trinajstić information content (AvgIpc) is 3.52. The first kappa shape index (κ1) is 22.4. The minimum atomic E-state index is -0.247. The van der Waals surface area contributed by atoms with E-state index in [1.54, 1.807) is 18.4 Å². The third kappa shape index (κ3) is 5.21. The van der Waals surface area contributed by atoms with Crippen LogP contribution in [0.5, 0.6) is 11.5 Å². The van der Waals surface area contributed by atoms with Gasteiger partial charge in [-0.05, 0) is 48.5 Å². The van der Waals surface area contributed by atoms with Gasteiger partial charge in [0, 0.05) is 10.6 Å². The van der Waals surface area contributed by atoms with E-state index in [1.165, 1.54) is 11.8 Å². The molecule has 4 aromatic rings. The lowest BCUT2D eigenvalue weighted by atomic mass is 10.2. The predicted octanol–water partition coefficient (Wildman–Crippen LogP) is 4.29. The van der Waals surface area contributed by atoms with Gasteiger partial charge in [-0.15, -0.1) is 10.2 Å². The number of aromatic nitrogens is 3. The molecule has 0 radical (unpaired) electrons. The Kier molecular flexibility index (Phi) is 6.73. The van der Waals surface area contributed by atoms with Gasteiger partial charge in [-0.25, -0.2) is 0 Å². The summed E-state index contributed by atoms with van der Waals surface area (Å²) in [5.41, 5.74) is 0.870. The second-order valence-electron chi connectivity index (χ2n) is 7.57. The van der Waals surface area contributed by atoms with Gasteiger partial charge in [-0.2, -0.15) is 0 Å². The van der Waals surface area contributed by atoms with Crippen LogP contribution < -0.4 is 14.8 Å². The number of rotatable bonds is 8. The smallest absolute Gasteiger partial charge is 0.230 e. The normalized spacial score (nSPS) is 14.7. The second kappa shape index (κ2) is 10.2. The number of ether oxygens (including phenoxy) is 2. The van der Waals surface area contributed by atoms with Crippen LogP contribution in [0.3, 0.4) is 0 Å². The first-order valence-corrected chi connectivity index (χ1v) is 12.0. The Morgan fingerprint density at radius 2 is 1.91 bits per heavy atom. The van der Waals surface area contributed by atoms with Gasteiger partial charge in [-0.1, -0.05) is 35.5 Å². The topological polar surface area (TPSA) is 91.4 Å². The maximum Gasteiger partial charge on any atom is 0.230 e. The maximum absolute atomic E-state index is 12.5. The van der Waals surface area contributed by atoms with Crippen LogP contribution >= 0.6 is 23.4 Å². The fourth-order valence-electron chi connectivity index (χ4n) is 3.48. The molecule has 174 valence electrons. The van der Waals surface area contributed by atoms with Gasteiger partial charge in [0.25, 0.3) is 0 Å². The molecule has 34 heavy (non-hydrogen) atoms. The van der Waals surface area contributed by atoms with Gasteiger partial charge < -0.3 is 19.2 Å². The molecule has 0 saturated carbocycles. The molecule has 0 bridgehead atoms. The van der Waals surface area contributed by atoms with Gasteiger partial charge in [0.1, 0.15) is 18.5 Å². The van der Waals surface area contributed by atoms with E-state index >= 15 is 0 Å². The molecule has 2 aromatic heterocycles. The third-order valence-electron chi connectivity index (χ3n) is 5.14. The maximum atomic E-state index is 12.5. The number of thioether (sulfide) groups is 1. The van der Waals surface area contributed by atoms with Crippen LogP contribution in [-0.2, 0) is 11.3 Å². The summed E-state index contributed by atoms with van der Waals surface area (Å²) >= 11 is 7.34. The van der Waals surface area contributed by atoms with Crippen molar-refractivity contribution >= 4 is 29.3 Å². The number of para-hydroxylation sites is 2. The molecule has 0 fully saturated rings. The zero-order chi connectivity index (χ0) is 23.3. The Morgan fingerprint density at radius 3 is 2.71 bits per heavy atom. The van der Waals surface area contributed by atoms with E-state index in [9.17, 15) is 4.79 Å². The predicted molar refractivity (Wildman–Crippen MR) is 128 cm³/mol. The Labute approximate surface area is 205 Å². The number of carbonyl (C=O) groups excluding carboxylic acids is 1. The highest BCUT2D eigenvalue weighted by Gasteiger charge is 2.22. The molecule has 3 heterocycles. The fourth-order valence-corrected chi connectivity index (χ4v) is 4.38. The van der Waals surface area contributed by atoms with E-state index in [0.717, 1.165) is 11.3 Å². The van der Waals surface area contributed by atoms with Crippen LogP contribution in [0, 0.1) is 0 Å². The van der Waals surface area contributed by atoms with Crippen molar-refractivity contribution in [1.29, 1.82) is 0 Å². The summed E-state index contributed by atoms with van der Waals surface area (Å²) < 4.78 is 19.0. The molecule has 0 saturated heterocycles. The molecule has 1 N–H and O–H groups in total. The van der Waals surface area contributed by atoms with Crippen LogP contribution in [-0.4, -0.2) is 45.7 Å². The van der Waals surface area contributed by atoms with Crippen molar-refractivity contribution < 1.29 is 18.7 Å². The highest BCUT2D eigenvalue weighted by molar-refractivity contribution is 7.99. The van der Waals surface area contributed by atoms with Gasteiger partial charge in [0.2, 0.25) is 5.91 Å². The third-order valence-corrected chi connectivity index (χ3v) is 6.36. The van der Waals surface area contributed by atoms with E-state index in [4.69, 9.17) is 25.5 Å². The first-order valence-electron chi connectivity index (χ1n) is 10.7. The molecule has 0 aliphatic carbocycles. The number of furan rings is 1. The number of fused-ring (bicyclic) bond motifs is 1. The van der Waals surface area contributed by atoms with Crippen LogP contribution in [0.2, 0.25) is 5.02 Å². The van der Waals surface area contributed by atoms with Crippen molar-refractivity contribution in [3.8, 4) is 22.9 Å². The standard InChI is InChI=1S/C24H21ClN4O4S/c25-17-9-7-16(8-10-17)23-27-28-24(29(23)13-18-4-3-11-31-18)34-15-22(30)26-12-19-14-32-20-5-1-2-6-21(20)33-19/h1-11,19H,12-15H2,(H,26,30)/t19-/m0/s1. The van der Waals surface area contributed by atoms with Crippen molar-refractivity contribution in [2.75, 3.05) is 18.9 Å². The summed E-state index contributed by atoms with van der Waals surface area (Å²) in [6.45, 7) is 1.17. The van der Waals surface area contributed by atoms with Gasteiger partial charge in [0.05, 0.1) is 25.1 Å². The largest absolute Gasteiger partial charge is 0.486 e. The van der Waals surface area contributed by atoms with E-state index in [0.29, 0.717) is 47.2 Å². The van der Waals surface area contributed by atoms with Crippen LogP contribution in [0.15, 0.2) is 76.5 Å². The molecule has 1 atom stereocenters. The summed E-state index contributed by atoms with van der Waals surface area (Å²) in [5, 5.41) is 12.8. The highest BCUT2D eigenvalue weighted by Crippen LogP contribution is 2.31. The number of hydrogen-bond donors (Lipinski definition) is 1. The molecule has 0 unspecified atom stereocenters. The van der Waals surface area contributed by atoms with Crippen LogP contribution in [0.25, 0.3) is 11.4 Å².